The summed E-state index contributed by atoms with van der Waals surface area (Å²) >= 11 is 0. The SMILES string of the molecule is CC(C)N(CC(N)=O)Cc1ccc(S(=O)(=O)N2CCCC2)o1. The van der Waals surface area contributed by atoms with Gasteiger partial charge in [0.1, 0.15) is 5.76 Å². The molecule has 0 aromatic carbocycles. The summed E-state index contributed by atoms with van der Waals surface area (Å²) in [7, 11) is -3.54. The van der Waals surface area contributed by atoms with Crippen molar-refractivity contribution in [3.05, 3.63) is 17.9 Å². The van der Waals surface area contributed by atoms with Crippen LogP contribution in [0.5, 0.6) is 0 Å². The summed E-state index contributed by atoms with van der Waals surface area (Å²) in [6.45, 7) is 5.40. The van der Waals surface area contributed by atoms with Crippen molar-refractivity contribution in [1.82, 2.24) is 9.21 Å². The number of nitrogens with two attached hydrogens (primary N) is 1. The van der Waals surface area contributed by atoms with Crippen LogP contribution < -0.4 is 5.73 Å². The lowest BCUT2D eigenvalue weighted by atomic mass is 10.3. The number of carbonyl (C=O) groups excluding carboxylic acids is 1. The highest BCUT2D eigenvalue weighted by molar-refractivity contribution is 7.89. The first-order valence-electron chi connectivity index (χ1n) is 7.42. The Hall–Kier alpha value is -1.38. The van der Waals surface area contributed by atoms with Crippen LogP contribution in [-0.2, 0) is 21.4 Å². The standard InChI is InChI=1S/C14H23N3O4S/c1-11(2)16(10-13(15)18)9-12-5-6-14(21-12)22(19,20)17-7-3-4-8-17/h5-6,11H,3-4,7-10H2,1-2H3,(H2,15,18). The van der Waals surface area contributed by atoms with Gasteiger partial charge in [0.25, 0.3) is 10.0 Å². The summed E-state index contributed by atoms with van der Waals surface area (Å²) in [6.07, 6.45) is 1.76. The van der Waals surface area contributed by atoms with Crippen molar-refractivity contribution in [1.29, 1.82) is 0 Å². The molecule has 22 heavy (non-hydrogen) atoms. The predicted octanol–water partition coefficient (Wildman–Crippen LogP) is 0.760. The average Bonchev–Trinajstić information content (AvgIpc) is 3.09. The van der Waals surface area contributed by atoms with E-state index in [9.17, 15) is 13.2 Å². The molecule has 0 aliphatic carbocycles. The van der Waals surface area contributed by atoms with Crippen molar-refractivity contribution in [3.63, 3.8) is 0 Å². The Morgan fingerprint density at radius 1 is 1.36 bits per heavy atom. The Morgan fingerprint density at radius 3 is 2.55 bits per heavy atom. The number of carbonyl (C=O) groups is 1. The molecule has 0 spiro atoms. The van der Waals surface area contributed by atoms with Crippen LogP contribution in [0.3, 0.4) is 0 Å². The molecule has 1 aromatic heterocycles. The van der Waals surface area contributed by atoms with Gasteiger partial charge in [0, 0.05) is 19.1 Å². The van der Waals surface area contributed by atoms with Crippen molar-refractivity contribution in [3.8, 4) is 0 Å². The zero-order chi connectivity index (χ0) is 16.3. The van der Waals surface area contributed by atoms with E-state index in [1.165, 1.54) is 10.4 Å². The van der Waals surface area contributed by atoms with E-state index in [2.05, 4.69) is 0 Å². The van der Waals surface area contributed by atoms with Crippen LogP contribution >= 0.6 is 0 Å². The molecule has 0 unspecified atom stereocenters. The van der Waals surface area contributed by atoms with E-state index in [1.807, 2.05) is 18.7 Å². The smallest absolute Gasteiger partial charge is 0.276 e. The number of hydrogen-bond acceptors (Lipinski definition) is 5. The normalized spacial score (nSPS) is 16.7. The van der Waals surface area contributed by atoms with Gasteiger partial charge in [-0.3, -0.25) is 9.69 Å². The fourth-order valence-electron chi connectivity index (χ4n) is 2.46. The summed E-state index contributed by atoms with van der Waals surface area (Å²) in [4.78, 5) is 12.9. The summed E-state index contributed by atoms with van der Waals surface area (Å²) in [5, 5.41) is -0.0350. The number of primary amides is 1. The first-order valence-corrected chi connectivity index (χ1v) is 8.86. The lowest BCUT2D eigenvalue weighted by Crippen LogP contribution is -2.37. The van der Waals surface area contributed by atoms with E-state index in [4.69, 9.17) is 10.2 Å². The summed E-state index contributed by atoms with van der Waals surface area (Å²) in [6, 6.07) is 3.21. The zero-order valence-corrected chi connectivity index (χ0v) is 13.8. The molecule has 1 fully saturated rings. The molecule has 0 atom stereocenters. The Kier molecular flexibility index (Phi) is 5.25. The molecular weight excluding hydrogens is 306 g/mol. The predicted molar refractivity (Wildman–Crippen MR) is 81.4 cm³/mol. The second-order valence-corrected chi connectivity index (χ2v) is 7.67. The van der Waals surface area contributed by atoms with Gasteiger partial charge in [0.05, 0.1) is 13.1 Å². The third-order valence-electron chi connectivity index (χ3n) is 3.74. The van der Waals surface area contributed by atoms with Gasteiger partial charge < -0.3 is 10.2 Å². The van der Waals surface area contributed by atoms with Gasteiger partial charge in [0.15, 0.2) is 0 Å². The molecule has 1 aliphatic rings. The largest absolute Gasteiger partial charge is 0.447 e. The summed E-state index contributed by atoms with van der Waals surface area (Å²) in [5.74, 6) is 0.0814. The number of hydrogen-bond donors (Lipinski definition) is 1. The Labute approximate surface area is 131 Å². The maximum Gasteiger partial charge on any atom is 0.276 e. The van der Waals surface area contributed by atoms with Crippen molar-refractivity contribution < 1.29 is 17.6 Å². The Morgan fingerprint density at radius 2 is 2.00 bits per heavy atom. The van der Waals surface area contributed by atoms with Gasteiger partial charge in [0.2, 0.25) is 11.0 Å². The molecular formula is C14H23N3O4S. The van der Waals surface area contributed by atoms with Crippen LogP contribution in [0.2, 0.25) is 0 Å². The Balaban J connectivity index is 2.12. The fourth-order valence-corrected chi connectivity index (χ4v) is 3.90. The lowest BCUT2D eigenvalue weighted by molar-refractivity contribution is -0.119. The maximum atomic E-state index is 12.4. The Bertz CT molecular complexity index is 618. The number of nitrogens with zero attached hydrogens (tertiary/aromatic N) is 2. The third kappa shape index (κ3) is 3.88. The summed E-state index contributed by atoms with van der Waals surface area (Å²) in [5.41, 5.74) is 5.23. The first-order chi connectivity index (χ1) is 10.3. The van der Waals surface area contributed by atoms with Crippen molar-refractivity contribution in [2.24, 2.45) is 5.73 Å². The monoisotopic (exact) mass is 329 g/mol. The molecule has 2 heterocycles. The number of sulfonamides is 1. The molecule has 2 N–H and O–H groups in total. The minimum atomic E-state index is -3.54. The van der Waals surface area contributed by atoms with E-state index < -0.39 is 15.9 Å². The second kappa shape index (κ2) is 6.80. The molecule has 1 aliphatic heterocycles. The van der Waals surface area contributed by atoms with Gasteiger partial charge in [-0.05, 0) is 38.8 Å². The summed E-state index contributed by atoms with van der Waals surface area (Å²) < 4.78 is 31.7. The second-order valence-electron chi connectivity index (χ2n) is 5.80. The molecule has 124 valence electrons. The maximum absolute atomic E-state index is 12.4. The van der Waals surface area contributed by atoms with Crippen LogP contribution in [0.1, 0.15) is 32.4 Å². The van der Waals surface area contributed by atoms with Gasteiger partial charge in [-0.2, -0.15) is 4.31 Å². The van der Waals surface area contributed by atoms with Gasteiger partial charge in [-0.1, -0.05) is 0 Å². The molecule has 0 bridgehead atoms. The highest BCUT2D eigenvalue weighted by atomic mass is 32.2. The number of furan rings is 1. The fraction of sp³-hybridized carbons (Fsp3) is 0.643. The van der Waals surface area contributed by atoms with Gasteiger partial charge >= 0.3 is 0 Å². The molecule has 7 nitrogen and oxygen atoms in total. The first kappa shape index (κ1) is 17.0. The minimum absolute atomic E-state index is 0.0350. The molecule has 1 saturated heterocycles. The van der Waals surface area contributed by atoms with Crippen LogP contribution in [0.25, 0.3) is 0 Å². The van der Waals surface area contributed by atoms with E-state index >= 15 is 0 Å². The van der Waals surface area contributed by atoms with Crippen molar-refractivity contribution in [2.75, 3.05) is 19.6 Å². The highest BCUT2D eigenvalue weighted by Crippen LogP contribution is 2.23. The van der Waals surface area contributed by atoms with E-state index in [-0.39, 0.29) is 17.7 Å². The molecule has 1 aromatic rings. The minimum Gasteiger partial charge on any atom is -0.447 e. The van der Waals surface area contributed by atoms with E-state index in [0.29, 0.717) is 25.4 Å². The van der Waals surface area contributed by atoms with E-state index in [1.54, 1.807) is 6.07 Å². The van der Waals surface area contributed by atoms with Crippen LogP contribution in [0.4, 0.5) is 0 Å². The van der Waals surface area contributed by atoms with Crippen LogP contribution in [0, 0.1) is 0 Å². The topological polar surface area (TPSA) is 96.8 Å². The van der Waals surface area contributed by atoms with Crippen LogP contribution in [-0.4, -0.2) is 49.2 Å². The van der Waals surface area contributed by atoms with Gasteiger partial charge in [-0.25, -0.2) is 8.42 Å². The van der Waals surface area contributed by atoms with Crippen LogP contribution in [0.15, 0.2) is 21.6 Å². The van der Waals surface area contributed by atoms with Crippen molar-refractivity contribution in [2.45, 2.75) is 44.4 Å². The number of rotatable bonds is 7. The molecule has 2 rings (SSSR count). The third-order valence-corrected chi connectivity index (χ3v) is 5.52. The zero-order valence-electron chi connectivity index (χ0n) is 13.0. The quantitative estimate of drug-likeness (QED) is 0.796. The van der Waals surface area contributed by atoms with E-state index in [0.717, 1.165) is 12.8 Å². The number of amides is 1. The molecule has 1 amide bonds. The lowest BCUT2D eigenvalue weighted by Gasteiger charge is -2.23. The highest BCUT2D eigenvalue weighted by Gasteiger charge is 2.30. The molecule has 0 saturated carbocycles. The average molecular weight is 329 g/mol. The molecule has 0 radical (unpaired) electrons. The molecule has 8 heteroatoms. The van der Waals surface area contributed by atoms with Crippen molar-refractivity contribution >= 4 is 15.9 Å². The van der Waals surface area contributed by atoms with Gasteiger partial charge in [-0.15, -0.1) is 0 Å².